The molecule has 156 valence electrons. The van der Waals surface area contributed by atoms with Crippen LogP contribution in [0.2, 0.25) is 0 Å². The van der Waals surface area contributed by atoms with Crippen LogP contribution in [0.1, 0.15) is 36.0 Å². The number of likely N-dealkylation sites (tertiary alicyclic amines) is 1. The fourth-order valence-electron chi connectivity index (χ4n) is 3.24. The fourth-order valence-corrected chi connectivity index (χ4v) is 4.90. The highest BCUT2D eigenvalue weighted by Crippen LogP contribution is 2.27. The van der Waals surface area contributed by atoms with Crippen molar-refractivity contribution < 1.29 is 22.0 Å². The number of thioether (sulfide) groups is 1. The molecule has 0 aromatic heterocycles. The number of carbonyl (C=O) groups is 1. The fraction of sp³-hybridized carbons (Fsp3) is 0.350. The predicted molar refractivity (Wildman–Crippen MR) is 110 cm³/mol. The summed E-state index contributed by atoms with van der Waals surface area (Å²) < 4.78 is 54.6. The summed E-state index contributed by atoms with van der Waals surface area (Å²) in [5, 5.41) is 0. The van der Waals surface area contributed by atoms with Crippen molar-refractivity contribution in [1.29, 1.82) is 0 Å². The number of amides is 1. The van der Waals surface area contributed by atoms with E-state index in [0.29, 0.717) is 29.6 Å². The molecule has 0 unspecified atom stereocenters. The van der Waals surface area contributed by atoms with Crippen LogP contribution in [0.4, 0.5) is 14.5 Å². The molecule has 1 heterocycles. The molecule has 0 spiro atoms. The maximum Gasteiger partial charge on any atom is 0.262 e. The zero-order chi connectivity index (χ0) is 21.0. The number of carbonyl (C=O) groups excluding carboxylic acids is 1. The number of anilines is 1. The van der Waals surface area contributed by atoms with Crippen LogP contribution in [0.25, 0.3) is 0 Å². The van der Waals surface area contributed by atoms with E-state index in [-0.39, 0.29) is 16.5 Å². The van der Waals surface area contributed by atoms with E-state index < -0.39 is 21.7 Å². The van der Waals surface area contributed by atoms with Gasteiger partial charge in [-0.3, -0.25) is 9.52 Å². The van der Waals surface area contributed by atoms with Crippen LogP contribution >= 0.6 is 11.8 Å². The van der Waals surface area contributed by atoms with Gasteiger partial charge >= 0.3 is 0 Å². The van der Waals surface area contributed by atoms with E-state index in [0.717, 1.165) is 37.8 Å². The van der Waals surface area contributed by atoms with E-state index in [4.69, 9.17) is 0 Å². The Morgan fingerprint density at radius 2 is 1.72 bits per heavy atom. The Morgan fingerprint density at radius 3 is 2.34 bits per heavy atom. The normalized spacial score (nSPS) is 15.1. The summed E-state index contributed by atoms with van der Waals surface area (Å²) in [5.74, 6) is -2.03. The molecule has 2 aromatic rings. The van der Waals surface area contributed by atoms with Crippen LogP contribution in [0.3, 0.4) is 0 Å². The van der Waals surface area contributed by atoms with E-state index in [2.05, 4.69) is 4.72 Å². The molecule has 0 radical (unpaired) electrons. The van der Waals surface area contributed by atoms with E-state index in [1.807, 2.05) is 6.26 Å². The Bertz CT molecular complexity index is 1000. The smallest absolute Gasteiger partial charge is 0.262 e. The van der Waals surface area contributed by atoms with E-state index in [9.17, 15) is 22.0 Å². The maximum atomic E-state index is 13.9. The Hall–Kier alpha value is -2.13. The monoisotopic (exact) mass is 440 g/mol. The molecule has 2 aromatic carbocycles. The first-order valence-electron chi connectivity index (χ1n) is 9.27. The van der Waals surface area contributed by atoms with Gasteiger partial charge < -0.3 is 4.90 Å². The number of halogens is 2. The van der Waals surface area contributed by atoms with Crippen LogP contribution < -0.4 is 4.72 Å². The molecule has 1 amide bonds. The molecule has 0 aliphatic carbocycles. The number of hydrogen-bond donors (Lipinski definition) is 1. The summed E-state index contributed by atoms with van der Waals surface area (Å²) in [6.07, 6.45) is 5.80. The minimum atomic E-state index is -4.16. The molecule has 1 N–H and O–H groups in total. The molecule has 5 nitrogen and oxygen atoms in total. The lowest BCUT2D eigenvalue weighted by atomic mass is 10.2. The van der Waals surface area contributed by atoms with Crippen molar-refractivity contribution in [3.8, 4) is 0 Å². The second-order valence-electron chi connectivity index (χ2n) is 6.80. The molecule has 9 heteroatoms. The number of benzene rings is 2. The van der Waals surface area contributed by atoms with E-state index >= 15 is 0 Å². The zero-order valence-electron chi connectivity index (χ0n) is 16.0. The topological polar surface area (TPSA) is 66.5 Å². The molecule has 0 bridgehead atoms. The van der Waals surface area contributed by atoms with Gasteiger partial charge in [-0.2, -0.15) is 0 Å². The zero-order valence-corrected chi connectivity index (χ0v) is 17.6. The van der Waals surface area contributed by atoms with Crippen molar-refractivity contribution in [1.82, 2.24) is 4.90 Å². The van der Waals surface area contributed by atoms with Gasteiger partial charge in [0.2, 0.25) is 0 Å². The lowest BCUT2D eigenvalue weighted by Gasteiger charge is -2.22. The quantitative estimate of drug-likeness (QED) is 0.695. The highest BCUT2D eigenvalue weighted by molar-refractivity contribution is 7.98. The average molecular weight is 441 g/mol. The standard InChI is InChI=1S/C20H22F2N2O3S2/c1-28-19-9-7-15(13-16(19)20(25)24-10-4-2-3-5-11-24)29(26,27)23-18-8-6-14(21)12-17(18)22/h6-9,12-13,23H,2-5,10-11H2,1H3. The molecule has 1 aliphatic heterocycles. The Balaban J connectivity index is 1.93. The van der Waals surface area contributed by atoms with Crippen molar-refractivity contribution in [2.45, 2.75) is 35.5 Å². The first-order valence-corrected chi connectivity index (χ1v) is 12.0. The van der Waals surface area contributed by atoms with Gasteiger partial charge in [-0.25, -0.2) is 17.2 Å². The molecule has 0 atom stereocenters. The summed E-state index contributed by atoms with van der Waals surface area (Å²) >= 11 is 1.36. The molecule has 3 rings (SSSR count). The minimum Gasteiger partial charge on any atom is -0.339 e. The molecule has 1 aliphatic rings. The van der Waals surface area contributed by atoms with Crippen LogP contribution in [-0.2, 0) is 10.0 Å². The minimum absolute atomic E-state index is 0.155. The number of nitrogens with one attached hydrogen (secondary N) is 1. The van der Waals surface area contributed by atoms with Gasteiger partial charge in [0.15, 0.2) is 0 Å². The highest BCUT2D eigenvalue weighted by atomic mass is 32.2. The predicted octanol–water partition coefficient (Wildman–Crippen LogP) is 4.50. The van der Waals surface area contributed by atoms with Gasteiger partial charge in [0.05, 0.1) is 16.1 Å². The Labute approximate surface area is 173 Å². The summed E-state index contributed by atoms with van der Waals surface area (Å²) in [4.78, 5) is 15.3. The summed E-state index contributed by atoms with van der Waals surface area (Å²) in [7, 11) is -4.16. The lowest BCUT2D eigenvalue weighted by Crippen LogP contribution is -2.32. The van der Waals surface area contributed by atoms with Crippen molar-refractivity contribution in [3.63, 3.8) is 0 Å². The third kappa shape index (κ3) is 5.08. The third-order valence-corrected chi connectivity index (χ3v) is 6.94. The maximum absolute atomic E-state index is 13.9. The Kier molecular flexibility index (Phi) is 6.79. The summed E-state index contributed by atoms with van der Waals surface area (Å²) in [6, 6.07) is 6.85. The second kappa shape index (κ2) is 9.13. The van der Waals surface area contributed by atoms with Crippen molar-refractivity contribution in [2.75, 3.05) is 24.1 Å². The average Bonchev–Trinajstić information content (AvgIpc) is 2.98. The van der Waals surface area contributed by atoms with Crippen LogP contribution in [-0.4, -0.2) is 38.6 Å². The molecular weight excluding hydrogens is 418 g/mol. The van der Waals surface area contributed by atoms with Gasteiger partial charge in [-0.15, -0.1) is 11.8 Å². The first-order chi connectivity index (χ1) is 13.8. The van der Waals surface area contributed by atoms with E-state index in [1.165, 1.54) is 23.9 Å². The van der Waals surface area contributed by atoms with Crippen LogP contribution in [0, 0.1) is 11.6 Å². The van der Waals surface area contributed by atoms with Crippen molar-refractivity contribution in [2.24, 2.45) is 0 Å². The highest BCUT2D eigenvalue weighted by Gasteiger charge is 2.24. The van der Waals surface area contributed by atoms with E-state index in [1.54, 1.807) is 11.0 Å². The number of rotatable bonds is 5. The van der Waals surface area contributed by atoms with Crippen LogP contribution in [0.15, 0.2) is 46.2 Å². The largest absolute Gasteiger partial charge is 0.339 e. The number of hydrogen-bond acceptors (Lipinski definition) is 4. The van der Waals surface area contributed by atoms with Crippen molar-refractivity contribution >= 4 is 33.4 Å². The molecule has 1 fully saturated rings. The van der Waals surface area contributed by atoms with Gasteiger partial charge in [0, 0.05) is 24.1 Å². The lowest BCUT2D eigenvalue weighted by molar-refractivity contribution is 0.0758. The molecular formula is C20H22F2N2O3S2. The summed E-state index contributed by atoms with van der Waals surface area (Å²) in [5.41, 5.74) is -0.0532. The number of sulfonamides is 1. The number of nitrogens with zero attached hydrogens (tertiary/aromatic N) is 1. The van der Waals surface area contributed by atoms with Crippen molar-refractivity contribution in [3.05, 3.63) is 53.6 Å². The van der Waals surface area contributed by atoms with Gasteiger partial charge in [-0.05, 0) is 49.4 Å². The molecule has 0 saturated carbocycles. The van der Waals surface area contributed by atoms with Crippen LogP contribution in [0.5, 0.6) is 0 Å². The van der Waals surface area contributed by atoms with Gasteiger partial charge in [0.1, 0.15) is 11.6 Å². The molecule has 29 heavy (non-hydrogen) atoms. The summed E-state index contributed by atoms with van der Waals surface area (Å²) in [6.45, 7) is 1.28. The Morgan fingerprint density at radius 1 is 1.03 bits per heavy atom. The van der Waals surface area contributed by atoms with Gasteiger partial charge in [0.25, 0.3) is 15.9 Å². The first kappa shape index (κ1) is 21.6. The second-order valence-corrected chi connectivity index (χ2v) is 9.33. The molecule has 1 saturated heterocycles. The SMILES string of the molecule is CSc1ccc(S(=O)(=O)Nc2ccc(F)cc2F)cc1C(=O)N1CCCCCC1. The third-order valence-electron chi connectivity index (χ3n) is 4.78. The van der Waals surface area contributed by atoms with Gasteiger partial charge in [-0.1, -0.05) is 12.8 Å².